The van der Waals surface area contributed by atoms with Gasteiger partial charge in [0.15, 0.2) is 5.96 Å². The minimum atomic E-state index is 0.0358. The van der Waals surface area contributed by atoms with Crippen LogP contribution in [0.4, 0.5) is 0 Å². The molecule has 0 amide bonds. The van der Waals surface area contributed by atoms with E-state index in [1.54, 1.807) is 0 Å². The molecule has 1 aliphatic rings. The van der Waals surface area contributed by atoms with Crippen LogP contribution in [0.25, 0.3) is 0 Å². The monoisotopic (exact) mass is 367 g/mol. The smallest absolute Gasteiger partial charge is 0.193 e. The van der Waals surface area contributed by atoms with Crippen molar-refractivity contribution in [2.45, 2.75) is 45.6 Å². The standard InChI is InChI=1S/C22H33N5/c1-17-8-6-7-9-19(17)22(3,4)15-25-21(23-5)26-12-10-18(2)20(14-26)27-13-11-24-16-27/h6-9,11,13,16,18,20H,10,12,14-15H2,1-5H3,(H,23,25). The highest BCUT2D eigenvalue weighted by molar-refractivity contribution is 5.80. The molecule has 2 aromatic rings. The van der Waals surface area contributed by atoms with Gasteiger partial charge in [-0.15, -0.1) is 0 Å². The van der Waals surface area contributed by atoms with Crippen LogP contribution in [0.1, 0.15) is 44.4 Å². The zero-order valence-corrected chi connectivity index (χ0v) is 17.3. The molecular weight excluding hydrogens is 334 g/mol. The average molecular weight is 368 g/mol. The lowest BCUT2D eigenvalue weighted by Gasteiger charge is -2.40. The largest absolute Gasteiger partial charge is 0.355 e. The Labute approximate surface area is 163 Å². The highest BCUT2D eigenvalue weighted by Gasteiger charge is 2.30. The molecular formula is C22H33N5. The number of hydrogen-bond acceptors (Lipinski definition) is 2. The summed E-state index contributed by atoms with van der Waals surface area (Å²) in [4.78, 5) is 11.2. The molecule has 0 bridgehead atoms. The Balaban J connectivity index is 1.68. The molecule has 5 nitrogen and oxygen atoms in total. The summed E-state index contributed by atoms with van der Waals surface area (Å²) in [5.41, 5.74) is 2.76. The molecule has 2 heterocycles. The van der Waals surface area contributed by atoms with E-state index in [1.807, 2.05) is 19.6 Å². The molecule has 1 aliphatic heterocycles. The SMILES string of the molecule is CN=C(NCC(C)(C)c1ccccc1C)N1CCC(C)C(n2ccnc2)C1. The molecule has 1 saturated heterocycles. The van der Waals surface area contributed by atoms with Crippen molar-refractivity contribution in [3.8, 4) is 0 Å². The van der Waals surface area contributed by atoms with Crippen LogP contribution in [0.2, 0.25) is 0 Å². The second-order valence-electron chi connectivity index (χ2n) is 8.39. The third kappa shape index (κ3) is 4.34. The Kier molecular flexibility index (Phi) is 5.88. The fourth-order valence-electron chi connectivity index (χ4n) is 4.15. The number of nitrogens with zero attached hydrogens (tertiary/aromatic N) is 4. The minimum absolute atomic E-state index is 0.0358. The number of imidazole rings is 1. The molecule has 146 valence electrons. The molecule has 1 aromatic heterocycles. The molecule has 0 aliphatic carbocycles. The van der Waals surface area contributed by atoms with Crippen molar-refractivity contribution in [1.29, 1.82) is 0 Å². The maximum Gasteiger partial charge on any atom is 0.193 e. The van der Waals surface area contributed by atoms with Crippen LogP contribution >= 0.6 is 0 Å². The quantitative estimate of drug-likeness (QED) is 0.663. The zero-order chi connectivity index (χ0) is 19.4. The van der Waals surface area contributed by atoms with Crippen molar-refractivity contribution in [3.05, 3.63) is 54.1 Å². The summed E-state index contributed by atoms with van der Waals surface area (Å²) >= 11 is 0. The predicted molar refractivity (Wildman–Crippen MR) is 112 cm³/mol. The number of aliphatic imine (C=N–C) groups is 1. The maximum atomic E-state index is 4.58. The first-order valence-electron chi connectivity index (χ1n) is 9.91. The first-order chi connectivity index (χ1) is 12.9. The summed E-state index contributed by atoms with van der Waals surface area (Å²) < 4.78 is 2.24. The Morgan fingerprint density at radius 2 is 2.11 bits per heavy atom. The van der Waals surface area contributed by atoms with E-state index in [0.717, 1.165) is 32.0 Å². The fraction of sp³-hybridized carbons (Fsp3) is 0.545. The summed E-state index contributed by atoms with van der Waals surface area (Å²) in [5, 5.41) is 3.64. The van der Waals surface area contributed by atoms with Crippen molar-refractivity contribution in [2.75, 3.05) is 26.7 Å². The Bertz CT molecular complexity index is 763. The van der Waals surface area contributed by atoms with Gasteiger partial charge in [0.25, 0.3) is 0 Å². The number of rotatable bonds is 4. The number of guanidine groups is 1. The Morgan fingerprint density at radius 1 is 1.33 bits per heavy atom. The van der Waals surface area contributed by atoms with E-state index in [-0.39, 0.29) is 5.41 Å². The Hall–Kier alpha value is -2.30. The number of nitrogens with one attached hydrogen (secondary N) is 1. The van der Waals surface area contributed by atoms with Crippen molar-refractivity contribution in [1.82, 2.24) is 19.8 Å². The third-order valence-electron chi connectivity index (χ3n) is 5.90. The van der Waals surface area contributed by atoms with Crippen LogP contribution in [-0.2, 0) is 5.41 Å². The van der Waals surface area contributed by atoms with Crippen molar-refractivity contribution in [2.24, 2.45) is 10.9 Å². The third-order valence-corrected chi connectivity index (χ3v) is 5.90. The highest BCUT2D eigenvalue weighted by atomic mass is 15.3. The van der Waals surface area contributed by atoms with E-state index in [1.165, 1.54) is 11.1 Å². The number of hydrogen-bond donors (Lipinski definition) is 1. The summed E-state index contributed by atoms with van der Waals surface area (Å²) in [7, 11) is 1.88. The molecule has 0 saturated carbocycles. The lowest BCUT2D eigenvalue weighted by Crippen LogP contribution is -2.51. The molecule has 2 unspecified atom stereocenters. The normalized spacial score (nSPS) is 21.4. The van der Waals surface area contributed by atoms with Crippen molar-refractivity contribution in [3.63, 3.8) is 0 Å². The predicted octanol–water partition coefficient (Wildman–Crippen LogP) is 3.63. The van der Waals surface area contributed by atoms with Gasteiger partial charge in [0, 0.05) is 44.5 Å². The molecule has 0 radical (unpaired) electrons. The van der Waals surface area contributed by atoms with Crippen LogP contribution in [-0.4, -0.2) is 47.1 Å². The number of aromatic nitrogens is 2. The first-order valence-corrected chi connectivity index (χ1v) is 9.91. The number of aryl methyl sites for hydroxylation is 1. The summed E-state index contributed by atoms with van der Waals surface area (Å²) in [5.74, 6) is 1.63. The molecule has 2 atom stereocenters. The van der Waals surface area contributed by atoms with Crippen molar-refractivity contribution < 1.29 is 0 Å². The van der Waals surface area contributed by atoms with E-state index in [4.69, 9.17) is 0 Å². The molecule has 1 aromatic carbocycles. The van der Waals surface area contributed by atoms with Gasteiger partial charge in [-0.05, 0) is 30.4 Å². The van der Waals surface area contributed by atoms with Gasteiger partial charge in [-0.25, -0.2) is 4.98 Å². The van der Waals surface area contributed by atoms with Crippen LogP contribution in [0, 0.1) is 12.8 Å². The topological polar surface area (TPSA) is 45.5 Å². The number of likely N-dealkylation sites (tertiary alicyclic amines) is 1. The Morgan fingerprint density at radius 3 is 2.78 bits per heavy atom. The van der Waals surface area contributed by atoms with Crippen molar-refractivity contribution >= 4 is 5.96 Å². The zero-order valence-electron chi connectivity index (χ0n) is 17.3. The fourth-order valence-corrected chi connectivity index (χ4v) is 4.15. The summed E-state index contributed by atoms with van der Waals surface area (Å²) in [6.07, 6.45) is 7.03. The van der Waals surface area contributed by atoms with Gasteiger partial charge in [-0.3, -0.25) is 4.99 Å². The maximum absolute atomic E-state index is 4.58. The van der Waals surface area contributed by atoms with E-state index in [9.17, 15) is 0 Å². The van der Waals surface area contributed by atoms with Crippen LogP contribution in [0.3, 0.4) is 0 Å². The number of benzene rings is 1. The molecule has 3 rings (SSSR count). The van der Waals surface area contributed by atoms with Crippen LogP contribution in [0.5, 0.6) is 0 Å². The lowest BCUT2D eigenvalue weighted by atomic mass is 9.82. The van der Waals surface area contributed by atoms with Crippen LogP contribution < -0.4 is 5.32 Å². The molecule has 1 N–H and O–H groups in total. The second-order valence-corrected chi connectivity index (χ2v) is 8.39. The van der Waals surface area contributed by atoms with E-state index >= 15 is 0 Å². The van der Waals surface area contributed by atoms with Gasteiger partial charge >= 0.3 is 0 Å². The van der Waals surface area contributed by atoms with Gasteiger partial charge in [-0.2, -0.15) is 0 Å². The van der Waals surface area contributed by atoms with Gasteiger partial charge in [-0.1, -0.05) is 45.0 Å². The average Bonchev–Trinajstić information content (AvgIpc) is 3.18. The summed E-state index contributed by atoms with van der Waals surface area (Å²) in [6.45, 7) is 12.0. The number of piperidine rings is 1. The second kappa shape index (κ2) is 8.15. The molecule has 5 heteroatoms. The van der Waals surface area contributed by atoms with Gasteiger partial charge in [0.05, 0.1) is 12.4 Å². The van der Waals surface area contributed by atoms with Gasteiger partial charge < -0.3 is 14.8 Å². The van der Waals surface area contributed by atoms with E-state index in [0.29, 0.717) is 12.0 Å². The highest BCUT2D eigenvalue weighted by Crippen LogP contribution is 2.28. The van der Waals surface area contributed by atoms with E-state index in [2.05, 4.69) is 82.9 Å². The summed E-state index contributed by atoms with van der Waals surface area (Å²) in [6, 6.07) is 9.09. The molecule has 27 heavy (non-hydrogen) atoms. The lowest BCUT2D eigenvalue weighted by molar-refractivity contribution is 0.188. The van der Waals surface area contributed by atoms with Gasteiger partial charge in [0.1, 0.15) is 0 Å². The van der Waals surface area contributed by atoms with Crippen LogP contribution in [0.15, 0.2) is 48.0 Å². The molecule has 1 fully saturated rings. The van der Waals surface area contributed by atoms with E-state index < -0.39 is 0 Å². The molecule has 0 spiro atoms. The van der Waals surface area contributed by atoms with Gasteiger partial charge in [0.2, 0.25) is 0 Å². The first kappa shape index (κ1) is 19.5. The minimum Gasteiger partial charge on any atom is -0.355 e.